The van der Waals surface area contributed by atoms with Crippen molar-refractivity contribution in [1.29, 1.82) is 0 Å². The highest BCUT2D eigenvalue weighted by Crippen LogP contribution is 2.23. The Morgan fingerprint density at radius 3 is 2.41 bits per heavy atom. The van der Waals surface area contributed by atoms with Crippen molar-refractivity contribution in [3.8, 4) is 0 Å². The number of nitrogens with one attached hydrogen (secondary N) is 1. The van der Waals surface area contributed by atoms with Gasteiger partial charge in [-0.3, -0.25) is 4.79 Å². The molecule has 2 N–H and O–H groups in total. The molecule has 0 spiro atoms. The van der Waals surface area contributed by atoms with Crippen LogP contribution in [-0.4, -0.2) is 29.2 Å². The zero-order valence-electron chi connectivity index (χ0n) is 11.1. The second kappa shape index (κ2) is 7.69. The van der Waals surface area contributed by atoms with Crippen LogP contribution in [0.15, 0.2) is 18.2 Å². The van der Waals surface area contributed by atoms with Crippen LogP contribution in [0.25, 0.3) is 0 Å². The van der Waals surface area contributed by atoms with E-state index < -0.39 is 30.5 Å². The van der Waals surface area contributed by atoms with Crippen LogP contribution in [-0.2, 0) is 16.0 Å². The summed E-state index contributed by atoms with van der Waals surface area (Å²) in [5.41, 5.74) is 0.587. The van der Waals surface area contributed by atoms with Gasteiger partial charge in [-0.2, -0.15) is 13.2 Å². The minimum absolute atomic E-state index is 0.153. The molecule has 0 radical (unpaired) electrons. The van der Waals surface area contributed by atoms with Gasteiger partial charge >= 0.3 is 12.1 Å². The van der Waals surface area contributed by atoms with E-state index in [4.69, 9.17) is 28.3 Å². The predicted octanol–water partition coefficient (Wildman–Crippen LogP) is 3.45. The number of rotatable bonds is 6. The third-order valence-electron chi connectivity index (χ3n) is 2.71. The summed E-state index contributed by atoms with van der Waals surface area (Å²) in [4.78, 5) is 22.3. The molecule has 0 fully saturated rings. The van der Waals surface area contributed by atoms with Crippen LogP contribution in [0.1, 0.15) is 18.4 Å². The molecule has 4 nitrogen and oxygen atoms in total. The third-order valence-corrected chi connectivity index (χ3v) is 3.29. The fourth-order valence-electron chi connectivity index (χ4n) is 1.67. The highest BCUT2D eigenvalue weighted by atomic mass is 35.5. The van der Waals surface area contributed by atoms with E-state index in [1.54, 1.807) is 12.1 Å². The number of carbonyl (C=O) groups excluding carboxylic acids is 1. The summed E-state index contributed by atoms with van der Waals surface area (Å²) < 4.78 is 36.6. The number of carbonyl (C=O) groups is 2. The lowest BCUT2D eigenvalue weighted by Crippen LogP contribution is -2.43. The van der Waals surface area contributed by atoms with Crippen LogP contribution in [0.3, 0.4) is 0 Å². The summed E-state index contributed by atoms with van der Waals surface area (Å²) in [6, 6.07) is 2.61. The molecule has 0 saturated heterocycles. The largest absolute Gasteiger partial charge is 0.480 e. The summed E-state index contributed by atoms with van der Waals surface area (Å²) in [5.74, 6) is -2.54. The molecule has 0 aliphatic heterocycles. The summed E-state index contributed by atoms with van der Waals surface area (Å²) in [6.45, 7) is 0. The Hall–Kier alpha value is -1.47. The van der Waals surface area contributed by atoms with Crippen molar-refractivity contribution in [2.75, 3.05) is 0 Å². The van der Waals surface area contributed by atoms with E-state index in [9.17, 15) is 22.8 Å². The lowest BCUT2D eigenvalue weighted by molar-refractivity contribution is -0.160. The average molecular weight is 358 g/mol. The first-order chi connectivity index (χ1) is 10.1. The molecular formula is C13H12Cl2F3NO3. The van der Waals surface area contributed by atoms with Gasteiger partial charge in [0.05, 0.1) is 6.42 Å². The molecule has 1 atom stereocenters. The van der Waals surface area contributed by atoms with Crippen LogP contribution in [0.5, 0.6) is 0 Å². The molecular weight excluding hydrogens is 346 g/mol. The Morgan fingerprint density at radius 1 is 1.27 bits per heavy atom. The van der Waals surface area contributed by atoms with E-state index in [2.05, 4.69) is 0 Å². The first-order valence-electron chi connectivity index (χ1n) is 6.11. The Kier molecular flexibility index (Phi) is 6.49. The molecule has 0 heterocycles. The van der Waals surface area contributed by atoms with Crippen molar-refractivity contribution in [1.82, 2.24) is 5.32 Å². The molecule has 0 aliphatic carbocycles. The lowest BCUT2D eigenvalue weighted by atomic mass is 10.1. The topological polar surface area (TPSA) is 66.4 Å². The quantitative estimate of drug-likeness (QED) is 0.819. The fourth-order valence-corrected chi connectivity index (χ4v) is 2.17. The second-order valence-corrected chi connectivity index (χ2v) is 5.36. The van der Waals surface area contributed by atoms with Crippen molar-refractivity contribution in [2.45, 2.75) is 31.5 Å². The first-order valence-corrected chi connectivity index (χ1v) is 6.87. The summed E-state index contributed by atoms with van der Waals surface area (Å²) in [7, 11) is 0. The number of aryl methyl sites for hydroxylation is 1. The minimum atomic E-state index is -4.68. The minimum Gasteiger partial charge on any atom is -0.480 e. The van der Waals surface area contributed by atoms with Crippen molar-refractivity contribution in [3.05, 3.63) is 33.8 Å². The van der Waals surface area contributed by atoms with Crippen LogP contribution in [0.2, 0.25) is 10.0 Å². The van der Waals surface area contributed by atoms with Gasteiger partial charge in [-0.05, 0) is 24.1 Å². The molecule has 1 aromatic carbocycles. The molecule has 0 bridgehead atoms. The van der Waals surface area contributed by atoms with Crippen molar-refractivity contribution in [2.24, 2.45) is 0 Å². The number of carboxylic acid groups (broad SMARTS) is 1. The number of alkyl halides is 3. The number of carboxylic acids is 1. The zero-order chi connectivity index (χ0) is 16.9. The molecule has 0 aromatic heterocycles. The number of amides is 1. The standard InChI is InChI=1S/C13H12Cl2F3NO3/c14-8-3-1-7(9(15)5-8)2-4-11(20)19-10(12(21)22)6-13(16,17)18/h1,3,5,10H,2,4,6H2,(H,19,20)(H,21,22). The van der Waals surface area contributed by atoms with Crippen molar-refractivity contribution in [3.63, 3.8) is 0 Å². The van der Waals surface area contributed by atoms with E-state index in [0.717, 1.165) is 0 Å². The van der Waals surface area contributed by atoms with Crippen molar-refractivity contribution < 1.29 is 27.9 Å². The van der Waals surface area contributed by atoms with Gasteiger partial charge in [0.25, 0.3) is 0 Å². The van der Waals surface area contributed by atoms with Gasteiger partial charge in [0, 0.05) is 16.5 Å². The Bertz CT molecular complexity index is 564. The van der Waals surface area contributed by atoms with Gasteiger partial charge in [0.15, 0.2) is 0 Å². The summed E-state index contributed by atoms with van der Waals surface area (Å²) >= 11 is 11.6. The Morgan fingerprint density at radius 2 is 1.91 bits per heavy atom. The van der Waals surface area contributed by atoms with Crippen LogP contribution >= 0.6 is 23.2 Å². The van der Waals surface area contributed by atoms with E-state index >= 15 is 0 Å². The highest BCUT2D eigenvalue weighted by molar-refractivity contribution is 6.35. The molecule has 0 saturated carbocycles. The molecule has 1 aromatic rings. The van der Waals surface area contributed by atoms with Crippen LogP contribution in [0.4, 0.5) is 13.2 Å². The molecule has 0 aliphatic rings. The first kappa shape index (κ1) is 18.6. The summed E-state index contributed by atoms with van der Waals surface area (Å²) in [5, 5.41) is 11.3. The fraction of sp³-hybridized carbons (Fsp3) is 0.385. The number of aliphatic carboxylic acids is 1. The molecule has 1 amide bonds. The van der Waals surface area contributed by atoms with Crippen LogP contribution in [0, 0.1) is 0 Å². The van der Waals surface area contributed by atoms with Gasteiger partial charge in [0.2, 0.25) is 5.91 Å². The van der Waals surface area contributed by atoms with Crippen LogP contribution < -0.4 is 5.32 Å². The number of benzene rings is 1. The van der Waals surface area contributed by atoms with E-state index in [1.165, 1.54) is 6.07 Å². The summed E-state index contributed by atoms with van der Waals surface area (Å²) in [6.07, 6.45) is -6.35. The predicted molar refractivity (Wildman–Crippen MR) is 75.0 cm³/mol. The number of hydrogen-bond acceptors (Lipinski definition) is 2. The molecule has 1 unspecified atom stereocenters. The maximum Gasteiger partial charge on any atom is 0.391 e. The number of hydrogen-bond donors (Lipinski definition) is 2. The molecule has 22 heavy (non-hydrogen) atoms. The van der Waals surface area contributed by atoms with Gasteiger partial charge in [0.1, 0.15) is 6.04 Å². The lowest BCUT2D eigenvalue weighted by Gasteiger charge is -2.16. The molecule has 9 heteroatoms. The van der Waals surface area contributed by atoms with Crippen molar-refractivity contribution >= 4 is 35.1 Å². The third kappa shape index (κ3) is 6.53. The van der Waals surface area contributed by atoms with Gasteiger partial charge in [-0.25, -0.2) is 4.79 Å². The van der Waals surface area contributed by atoms with E-state index in [1.807, 2.05) is 5.32 Å². The number of halogens is 5. The van der Waals surface area contributed by atoms with E-state index in [0.29, 0.717) is 15.6 Å². The van der Waals surface area contributed by atoms with Gasteiger partial charge in [-0.15, -0.1) is 0 Å². The highest BCUT2D eigenvalue weighted by Gasteiger charge is 2.36. The molecule has 1 rings (SSSR count). The SMILES string of the molecule is O=C(CCc1ccc(Cl)cc1Cl)NC(CC(F)(F)F)C(=O)O. The zero-order valence-corrected chi connectivity index (χ0v) is 12.6. The van der Waals surface area contributed by atoms with Gasteiger partial charge < -0.3 is 10.4 Å². The smallest absolute Gasteiger partial charge is 0.391 e. The average Bonchev–Trinajstić information content (AvgIpc) is 2.35. The monoisotopic (exact) mass is 357 g/mol. The second-order valence-electron chi connectivity index (χ2n) is 4.51. The maximum absolute atomic E-state index is 12.2. The Labute approximate surface area is 134 Å². The Balaban J connectivity index is 2.59. The van der Waals surface area contributed by atoms with E-state index in [-0.39, 0.29) is 12.8 Å². The normalized spacial score (nSPS) is 12.8. The van der Waals surface area contributed by atoms with Gasteiger partial charge in [-0.1, -0.05) is 29.3 Å². The maximum atomic E-state index is 12.2. The molecule has 122 valence electrons.